The molecule has 2 heterocycles. The highest BCUT2D eigenvalue weighted by molar-refractivity contribution is 5.93. The monoisotopic (exact) mass is 230 g/mol. The van der Waals surface area contributed by atoms with Crippen molar-refractivity contribution >= 4 is 11.8 Å². The summed E-state index contributed by atoms with van der Waals surface area (Å²) in [6, 6.07) is 3.51. The SMILES string of the molecule is COC(=O)c1cnc(-c2ccncc2)nc1N. The maximum absolute atomic E-state index is 11.3. The molecule has 0 fully saturated rings. The number of carbonyl (C=O) groups excluding carboxylic acids is 1. The van der Waals surface area contributed by atoms with Crippen LogP contribution in [-0.2, 0) is 4.74 Å². The predicted molar refractivity (Wildman–Crippen MR) is 61.0 cm³/mol. The van der Waals surface area contributed by atoms with Gasteiger partial charge in [0.05, 0.1) is 7.11 Å². The molecule has 2 aromatic rings. The number of hydrogen-bond donors (Lipinski definition) is 1. The van der Waals surface area contributed by atoms with Crippen LogP contribution in [0.5, 0.6) is 0 Å². The second-order valence-corrected chi connectivity index (χ2v) is 3.22. The molecule has 86 valence electrons. The quantitative estimate of drug-likeness (QED) is 0.771. The topological polar surface area (TPSA) is 91.0 Å². The fourth-order valence-corrected chi connectivity index (χ4v) is 1.30. The van der Waals surface area contributed by atoms with Gasteiger partial charge in [0.25, 0.3) is 0 Å². The second kappa shape index (κ2) is 4.56. The van der Waals surface area contributed by atoms with E-state index in [-0.39, 0.29) is 11.4 Å². The first-order valence-electron chi connectivity index (χ1n) is 4.83. The van der Waals surface area contributed by atoms with Gasteiger partial charge in [-0.3, -0.25) is 4.98 Å². The Kier molecular flexibility index (Phi) is 2.95. The van der Waals surface area contributed by atoms with E-state index in [1.54, 1.807) is 24.5 Å². The molecule has 17 heavy (non-hydrogen) atoms. The van der Waals surface area contributed by atoms with Gasteiger partial charge in [-0.2, -0.15) is 0 Å². The number of carbonyl (C=O) groups is 1. The van der Waals surface area contributed by atoms with Crippen molar-refractivity contribution in [2.75, 3.05) is 12.8 Å². The van der Waals surface area contributed by atoms with E-state index < -0.39 is 5.97 Å². The largest absolute Gasteiger partial charge is 0.465 e. The average molecular weight is 230 g/mol. The van der Waals surface area contributed by atoms with Crippen LogP contribution in [0.25, 0.3) is 11.4 Å². The molecule has 0 amide bonds. The van der Waals surface area contributed by atoms with Gasteiger partial charge in [-0.25, -0.2) is 14.8 Å². The van der Waals surface area contributed by atoms with Gasteiger partial charge in [0.2, 0.25) is 0 Å². The summed E-state index contributed by atoms with van der Waals surface area (Å²) in [6.07, 6.45) is 4.61. The first-order valence-corrected chi connectivity index (χ1v) is 4.83. The lowest BCUT2D eigenvalue weighted by molar-refractivity contribution is 0.0601. The van der Waals surface area contributed by atoms with Gasteiger partial charge < -0.3 is 10.5 Å². The fraction of sp³-hybridized carbons (Fsp3) is 0.0909. The number of aromatic nitrogens is 3. The van der Waals surface area contributed by atoms with Crippen molar-refractivity contribution in [3.8, 4) is 11.4 Å². The average Bonchev–Trinajstić information content (AvgIpc) is 2.39. The number of nitrogens with zero attached hydrogens (tertiary/aromatic N) is 3. The normalized spacial score (nSPS) is 9.94. The van der Waals surface area contributed by atoms with E-state index in [4.69, 9.17) is 5.73 Å². The molecule has 6 nitrogen and oxygen atoms in total. The van der Waals surface area contributed by atoms with Crippen LogP contribution in [0, 0.1) is 0 Å². The van der Waals surface area contributed by atoms with E-state index in [0.29, 0.717) is 5.82 Å². The van der Waals surface area contributed by atoms with E-state index in [0.717, 1.165) is 5.56 Å². The molecule has 2 rings (SSSR count). The maximum Gasteiger partial charge on any atom is 0.343 e. The van der Waals surface area contributed by atoms with Gasteiger partial charge in [-0.15, -0.1) is 0 Å². The molecule has 0 spiro atoms. The molecule has 0 unspecified atom stereocenters. The highest BCUT2D eigenvalue weighted by Crippen LogP contribution is 2.16. The third-order valence-corrected chi connectivity index (χ3v) is 2.16. The molecular formula is C11H10N4O2. The summed E-state index contributed by atoms with van der Waals surface area (Å²) in [7, 11) is 1.28. The number of rotatable bonds is 2. The van der Waals surface area contributed by atoms with E-state index >= 15 is 0 Å². The Morgan fingerprint density at radius 3 is 2.65 bits per heavy atom. The summed E-state index contributed by atoms with van der Waals surface area (Å²) in [4.78, 5) is 23.3. The van der Waals surface area contributed by atoms with Crippen molar-refractivity contribution < 1.29 is 9.53 Å². The van der Waals surface area contributed by atoms with Crippen LogP contribution < -0.4 is 5.73 Å². The van der Waals surface area contributed by atoms with Gasteiger partial charge in [0, 0.05) is 24.2 Å². The number of pyridine rings is 1. The minimum Gasteiger partial charge on any atom is -0.465 e. The molecule has 6 heteroatoms. The molecule has 0 radical (unpaired) electrons. The first-order chi connectivity index (χ1) is 8.22. The minimum absolute atomic E-state index is 0.0960. The Morgan fingerprint density at radius 2 is 2.06 bits per heavy atom. The zero-order chi connectivity index (χ0) is 12.3. The lowest BCUT2D eigenvalue weighted by Crippen LogP contribution is -2.09. The van der Waals surface area contributed by atoms with Crippen LogP contribution in [-0.4, -0.2) is 28.0 Å². The molecule has 0 aromatic carbocycles. The third-order valence-electron chi connectivity index (χ3n) is 2.16. The van der Waals surface area contributed by atoms with E-state index in [1.165, 1.54) is 13.3 Å². The zero-order valence-electron chi connectivity index (χ0n) is 9.12. The van der Waals surface area contributed by atoms with Crippen LogP contribution in [0.4, 0.5) is 5.82 Å². The van der Waals surface area contributed by atoms with E-state index in [2.05, 4.69) is 19.7 Å². The van der Waals surface area contributed by atoms with Gasteiger partial charge >= 0.3 is 5.97 Å². The molecule has 0 saturated carbocycles. The van der Waals surface area contributed by atoms with Gasteiger partial charge in [0.15, 0.2) is 5.82 Å². The number of nitrogens with two attached hydrogens (primary N) is 1. The Morgan fingerprint density at radius 1 is 1.35 bits per heavy atom. The number of ether oxygens (including phenoxy) is 1. The number of hydrogen-bond acceptors (Lipinski definition) is 6. The van der Waals surface area contributed by atoms with Gasteiger partial charge in [0.1, 0.15) is 11.4 Å². The molecule has 0 atom stereocenters. The van der Waals surface area contributed by atoms with Crippen LogP contribution in [0.1, 0.15) is 10.4 Å². The molecule has 0 aliphatic rings. The summed E-state index contributed by atoms with van der Waals surface area (Å²) in [5.74, 6) is -0.0139. The van der Waals surface area contributed by atoms with Crippen molar-refractivity contribution in [1.82, 2.24) is 15.0 Å². The molecule has 0 aliphatic carbocycles. The lowest BCUT2D eigenvalue weighted by atomic mass is 10.2. The predicted octanol–water partition coefficient (Wildman–Crippen LogP) is 0.907. The minimum atomic E-state index is -0.552. The Balaban J connectivity index is 2.41. The summed E-state index contributed by atoms with van der Waals surface area (Å²) in [5.41, 5.74) is 6.61. The van der Waals surface area contributed by atoms with Crippen molar-refractivity contribution in [3.63, 3.8) is 0 Å². The van der Waals surface area contributed by atoms with Crippen molar-refractivity contribution in [2.45, 2.75) is 0 Å². The van der Waals surface area contributed by atoms with Crippen LogP contribution in [0.15, 0.2) is 30.7 Å². The van der Waals surface area contributed by atoms with Crippen molar-refractivity contribution in [2.24, 2.45) is 0 Å². The molecule has 2 aromatic heterocycles. The smallest absolute Gasteiger partial charge is 0.343 e. The molecule has 0 bridgehead atoms. The Hall–Kier alpha value is -2.50. The number of esters is 1. The van der Waals surface area contributed by atoms with Crippen LogP contribution in [0.3, 0.4) is 0 Å². The fourth-order valence-electron chi connectivity index (χ4n) is 1.30. The summed E-state index contributed by atoms with van der Waals surface area (Å²) < 4.78 is 4.55. The highest BCUT2D eigenvalue weighted by Gasteiger charge is 2.13. The molecular weight excluding hydrogens is 220 g/mol. The van der Waals surface area contributed by atoms with E-state index in [9.17, 15) is 4.79 Å². The van der Waals surface area contributed by atoms with Crippen molar-refractivity contribution in [3.05, 3.63) is 36.3 Å². The molecule has 2 N–H and O–H groups in total. The Labute approximate surface area is 97.5 Å². The summed E-state index contributed by atoms with van der Waals surface area (Å²) in [6.45, 7) is 0. The Bertz CT molecular complexity index is 542. The zero-order valence-corrected chi connectivity index (χ0v) is 9.12. The lowest BCUT2D eigenvalue weighted by Gasteiger charge is -2.04. The third kappa shape index (κ3) is 2.20. The number of nitrogen functional groups attached to an aromatic ring is 1. The summed E-state index contributed by atoms with van der Waals surface area (Å²) in [5, 5.41) is 0. The molecule has 0 aliphatic heterocycles. The first kappa shape index (κ1) is 11.0. The standard InChI is InChI=1S/C11H10N4O2/c1-17-11(16)8-6-14-10(15-9(8)12)7-2-4-13-5-3-7/h2-6H,1H3,(H2,12,14,15). The van der Waals surface area contributed by atoms with Gasteiger partial charge in [-0.1, -0.05) is 0 Å². The molecule has 0 saturated heterocycles. The maximum atomic E-state index is 11.3. The van der Waals surface area contributed by atoms with Crippen LogP contribution in [0.2, 0.25) is 0 Å². The second-order valence-electron chi connectivity index (χ2n) is 3.22. The van der Waals surface area contributed by atoms with E-state index in [1.807, 2.05) is 0 Å². The summed E-state index contributed by atoms with van der Waals surface area (Å²) >= 11 is 0. The highest BCUT2D eigenvalue weighted by atomic mass is 16.5. The number of anilines is 1. The van der Waals surface area contributed by atoms with Crippen LogP contribution >= 0.6 is 0 Å². The number of methoxy groups -OCH3 is 1. The van der Waals surface area contributed by atoms with Gasteiger partial charge in [-0.05, 0) is 12.1 Å². The van der Waals surface area contributed by atoms with Crippen molar-refractivity contribution in [1.29, 1.82) is 0 Å².